The van der Waals surface area contributed by atoms with Crippen LogP contribution in [0.3, 0.4) is 0 Å². The molecule has 1 aromatic heterocycles. The van der Waals surface area contributed by atoms with Crippen LogP contribution in [0.1, 0.15) is 11.1 Å². The average molecular weight is 299 g/mol. The van der Waals surface area contributed by atoms with E-state index in [2.05, 4.69) is 46.3 Å². The standard InChI is InChI=1S/C16H11BrO/c17-14-9-6-12(7-10-14)5-8-13-11-18-16-4-2-1-3-15(13)16/h1-11H/b8-5-. The Balaban J connectivity index is 1.94. The fourth-order valence-electron chi connectivity index (χ4n) is 1.89. The summed E-state index contributed by atoms with van der Waals surface area (Å²) in [6.07, 6.45) is 5.96. The highest BCUT2D eigenvalue weighted by Gasteiger charge is 2.00. The summed E-state index contributed by atoms with van der Waals surface area (Å²) < 4.78 is 6.59. The van der Waals surface area contributed by atoms with Crippen LogP contribution < -0.4 is 0 Å². The second kappa shape index (κ2) is 4.83. The van der Waals surface area contributed by atoms with E-state index in [0.29, 0.717) is 0 Å². The molecule has 0 fully saturated rings. The van der Waals surface area contributed by atoms with Gasteiger partial charge in [0.05, 0.1) is 6.26 Å². The highest BCUT2D eigenvalue weighted by atomic mass is 79.9. The zero-order valence-corrected chi connectivity index (χ0v) is 11.2. The third-order valence-electron chi connectivity index (χ3n) is 2.84. The van der Waals surface area contributed by atoms with Crippen LogP contribution in [-0.2, 0) is 0 Å². The first kappa shape index (κ1) is 11.3. The molecular formula is C16H11BrO. The molecule has 1 nitrogen and oxygen atoms in total. The molecule has 0 amide bonds. The van der Waals surface area contributed by atoms with Crippen molar-refractivity contribution in [3.05, 3.63) is 70.4 Å². The van der Waals surface area contributed by atoms with Crippen LogP contribution in [0.2, 0.25) is 0 Å². The molecule has 0 saturated heterocycles. The summed E-state index contributed by atoms with van der Waals surface area (Å²) in [6.45, 7) is 0. The average Bonchev–Trinajstić information content (AvgIpc) is 2.82. The van der Waals surface area contributed by atoms with E-state index in [4.69, 9.17) is 4.42 Å². The highest BCUT2D eigenvalue weighted by molar-refractivity contribution is 9.10. The first-order valence-corrected chi connectivity index (χ1v) is 6.52. The Kier molecular flexibility index (Phi) is 3.03. The quantitative estimate of drug-likeness (QED) is 0.620. The fourth-order valence-corrected chi connectivity index (χ4v) is 2.15. The summed E-state index contributed by atoms with van der Waals surface area (Å²) in [5.74, 6) is 0. The van der Waals surface area contributed by atoms with Crippen LogP contribution in [0.5, 0.6) is 0 Å². The molecule has 0 aliphatic heterocycles. The van der Waals surface area contributed by atoms with Gasteiger partial charge in [-0.05, 0) is 23.8 Å². The predicted octanol–water partition coefficient (Wildman–Crippen LogP) is 5.37. The van der Waals surface area contributed by atoms with Crippen molar-refractivity contribution in [2.24, 2.45) is 0 Å². The van der Waals surface area contributed by atoms with Crippen molar-refractivity contribution in [1.29, 1.82) is 0 Å². The third kappa shape index (κ3) is 2.24. The normalized spacial score (nSPS) is 11.4. The van der Waals surface area contributed by atoms with E-state index in [9.17, 15) is 0 Å². The molecule has 1 heterocycles. The summed E-state index contributed by atoms with van der Waals surface area (Å²) >= 11 is 3.43. The number of para-hydroxylation sites is 1. The third-order valence-corrected chi connectivity index (χ3v) is 3.36. The van der Waals surface area contributed by atoms with Crippen molar-refractivity contribution in [2.45, 2.75) is 0 Å². The molecular weight excluding hydrogens is 288 g/mol. The minimum atomic E-state index is 0.924. The van der Waals surface area contributed by atoms with Gasteiger partial charge in [0.1, 0.15) is 5.58 Å². The van der Waals surface area contributed by atoms with Gasteiger partial charge in [-0.2, -0.15) is 0 Å². The molecule has 2 aromatic carbocycles. The number of benzene rings is 2. The van der Waals surface area contributed by atoms with Gasteiger partial charge < -0.3 is 4.42 Å². The van der Waals surface area contributed by atoms with Gasteiger partial charge in [-0.25, -0.2) is 0 Å². The van der Waals surface area contributed by atoms with Gasteiger partial charge in [0, 0.05) is 15.4 Å². The van der Waals surface area contributed by atoms with Gasteiger partial charge in [0.15, 0.2) is 0 Å². The maximum atomic E-state index is 5.50. The van der Waals surface area contributed by atoms with E-state index in [1.54, 1.807) is 6.26 Å². The zero-order valence-electron chi connectivity index (χ0n) is 9.64. The van der Waals surface area contributed by atoms with E-state index in [1.807, 2.05) is 30.3 Å². The van der Waals surface area contributed by atoms with Crippen LogP contribution in [0.25, 0.3) is 23.1 Å². The molecule has 18 heavy (non-hydrogen) atoms. The Bertz CT molecular complexity index is 692. The molecule has 88 valence electrons. The lowest BCUT2D eigenvalue weighted by atomic mass is 10.1. The molecule has 3 aromatic rings. The van der Waals surface area contributed by atoms with E-state index < -0.39 is 0 Å². The minimum Gasteiger partial charge on any atom is -0.464 e. The predicted molar refractivity (Wildman–Crippen MR) is 79.3 cm³/mol. The molecule has 0 N–H and O–H groups in total. The number of hydrogen-bond donors (Lipinski definition) is 0. The Morgan fingerprint density at radius 1 is 0.889 bits per heavy atom. The van der Waals surface area contributed by atoms with Crippen LogP contribution in [0, 0.1) is 0 Å². The lowest BCUT2D eigenvalue weighted by Crippen LogP contribution is -1.71. The molecule has 3 rings (SSSR count). The van der Waals surface area contributed by atoms with Gasteiger partial charge in [-0.15, -0.1) is 0 Å². The van der Waals surface area contributed by atoms with Crippen LogP contribution >= 0.6 is 15.9 Å². The van der Waals surface area contributed by atoms with Crippen molar-refractivity contribution >= 4 is 39.1 Å². The Labute approximate surface area is 114 Å². The summed E-state index contributed by atoms with van der Waals surface area (Å²) in [4.78, 5) is 0. The summed E-state index contributed by atoms with van der Waals surface area (Å²) in [5, 5.41) is 1.14. The van der Waals surface area contributed by atoms with Gasteiger partial charge in [-0.3, -0.25) is 0 Å². The SMILES string of the molecule is Brc1ccc(/C=C\c2coc3ccccc23)cc1. The zero-order chi connectivity index (χ0) is 12.4. The Morgan fingerprint density at radius 3 is 2.50 bits per heavy atom. The first-order chi connectivity index (χ1) is 8.83. The van der Waals surface area contributed by atoms with Crippen molar-refractivity contribution < 1.29 is 4.42 Å². The topological polar surface area (TPSA) is 13.1 Å². The summed E-state index contributed by atoms with van der Waals surface area (Å²) in [5.41, 5.74) is 3.20. The monoisotopic (exact) mass is 298 g/mol. The van der Waals surface area contributed by atoms with E-state index >= 15 is 0 Å². The van der Waals surface area contributed by atoms with Gasteiger partial charge in [0.25, 0.3) is 0 Å². The lowest BCUT2D eigenvalue weighted by Gasteiger charge is -1.93. The summed E-state index contributed by atoms with van der Waals surface area (Å²) in [6, 6.07) is 16.3. The van der Waals surface area contributed by atoms with Crippen molar-refractivity contribution in [2.75, 3.05) is 0 Å². The summed E-state index contributed by atoms with van der Waals surface area (Å²) in [7, 11) is 0. The Morgan fingerprint density at radius 2 is 1.67 bits per heavy atom. The second-order valence-electron chi connectivity index (χ2n) is 4.07. The van der Waals surface area contributed by atoms with Gasteiger partial charge in [0.2, 0.25) is 0 Å². The van der Waals surface area contributed by atoms with E-state index in [1.165, 1.54) is 5.56 Å². The molecule has 0 aliphatic carbocycles. The molecule has 0 unspecified atom stereocenters. The largest absolute Gasteiger partial charge is 0.464 e. The number of halogens is 1. The molecule has 0 saturated carbocycles. The van der Waals surface area contributed by atoms with E-state index in [-0.39, 0.29) is 0 Å². The molecule has 2 heteroatoms. The highest BCUT2D eigenvalue weighted by Crippen LogP contribution is 2.22. The smallest absolute Gasteiger partial charge is 0.134 e. The van der Waals surface area contributed by atoms with Crippen LogP contribution in [-0.4, -0.2) is 0 Å². The molecule has 0 bridgehead atoms. The minimum absolute atomic E-state index is 0.924. The molecule has 0 atom stereocenters. The number of furan rings is 1. The number of hydrogen-bond acceptors (Lipinski definition) is 1. The number of rotatable bonds is 2. The van der Waals surface area contributed by atoms with Crippen molar-refractivity contribution in [3.8, 4) is 0 Å². The maximum Gasteiger partial charge on any atom is 0.134 e. The fraction of sp³-hybridized carbons (Fsp3) is 0. The number of fused-ring (bicyclic) bond motifs is 1. The van der Waals surface area contributed by atoms with Crippen molar-refractivity contribution in [1.82, 2.24) is 0 Å². The van der Waals surface area contributed by atoms with Crippen LogP contribution in [0.4, 0.5) is 0 Å². The van der Waals surface area contributed by atoms with Gasteiger partial charge >= 0.3 is 0 Å². The maximum absolute atomic E-state index is 5.50. The van der Waals surface area contributed by atoms with Crippen LogP contribution in [0.15, 0.2) is 63.7 Å². The van der Waals surface area contributed by atoms with E-state index in [0.717, 1.165) is 21.0 Å². The Hall–Kier alpha value is -1.80. The van der Waals surface area contributed by atoms with Gasteiger partial charge in [-0.1, -0.05) is 58.4 Å². The molecule has 0 aliphatic rings. The lowest BCUT2D eigenvalue weighted by molar-refractivity contribution is 0.615. The first-order valence-electron chi connectivity index (χ1n) is 5.73. The molecule has 0 spiro atoms. The second-order valence-corrected chi connectivity index (χ2v) is 4.99. The molecule has 0 radical (unpaired) electrons. The van der Waals surface area contributed by atoms with Crippen molar-refractivity contribution in [3.63, 3.8) is 0 Å².